The number of aliphatic carboxylic acids is 1. The maximum atomic E-state index is 10.6. The topological polar surface area (TPSA) is 92.6 Å². The second-order valence-electron chi connectivity index (χ2n) is 5.90. The van der Waals surface area contributed by atoms with E-state index >= 15 is 0 Å². The van der Waals surface area contributed by atoms with Gasteiger partial charge in [-0.05, 0) is 51.9 Å². The summed E-state index contributed by atoms with van der Waals surface area (Å²) in [6.07, 6.45) is 1.17. The number of aromatic nitrogens is 2. The second-order valence-corrected chi connectivity index (χ2v) is 5.90. The number of halogens is 3. The summed E-state index contributed by atoms with van der Waals surface area (Å²) in [5, 5.41) is 11.1. The van der Waals surface area contributed by atoms with Crippen LogP contribution in [0.15, 0.2) is 21.3 Å². The third-order valence-corrected chi connectivity index (χ3v) is 3.84. The average molecular weight is 375 g/mol. The number of likely N-dealkylation sites (tertiary alicyclic amines) is 1. The molecule has 1 fully saturated rings. The molecule has 10 heteroatoms. The van der Waals surface area contributed by atoms with Gasteiger partial charge in [0.15, 0.2) is 11.6 Å². The molecule has 2 aromatic rings. The molecule has 0 aromatic carbocycles. The highest BCUT2D eigenvalue weighted by atomic mass is 19.4. The summed E-state index contributed by atoms with van der Waals surface area (Å²) in [7, 11) is 0. The fourth-order valence-electron chi connectivity index (χ4n) is 2.51. The normalized spacial score (nSPS) is 14.9. The van der Waals surface area contributed by atoms with E-state index in [0.29, 0.717) is 11.7 Å². The molecule has 0 amide bonds. The standard InChI is InChI=1S/C14H19N3O2.C2HF3O2/c1-11-6-10-18-13(11)14-15-12(16-19-14)5-4-9-17-7-2-3-8-17;3-2(4,5)1(6)7/h6,10H,2-5,7-9H2,1H3;(H,6,7). The van der Waals surface area contributed by atoms with Crippen LogP contribution < -0.4 is 0 Å². The maximum absolute atomic E-state index is 10.6. The van der Waals surface area contributed by atoms with E-state index in [1.54, 1.807) is 6.26 Å². The molecular formula is C16H20F3N3O4. The Hall–Kier alpha value is -2.36. The molecule has 0 unspecified atom stereocenters. The predicted octanol–water partition coefficient (Wildman–Crippen LogP) is 3.30. The number of carboxylic acids is 1. The Kier molecular flexibility index (Phi) is 6.78. The van der Waals surface area contributed by atoms with E-state index in [1.165, 1.54) is 25.9 Å². The smallest absolute Gasteiger partial charge is 0.475 e. The van der Waals surface area contributed by atoms with Crippen molar-refractivity contribution >= 4 is 5.97 Å². The van der Waals surface area contributed by atoms with Gasteiger partial charge in [0.25, 0.3) is 5.89 Å². The SMILES string of the molecule is Cc1ccoc1-c1nc(CCCN2CCCC2)no1.O=C(O)C(F)(F)F. The second kappa shape index (κ2) is 8.84. The number of aryl methyl sites for hydroxylation is 2. The molecule has 7 nitrogen and oxygen atoms in total. The molecule has 1 aliphatic heterocycles. The van der Waals surface area contributed by atoms with Crippen molar-refractivity contribution in [2.24, 2.45) is 0 Å². The molecule has 2 aromatic heterocycles. The Morgan fingerprint density at radius 1 is 1.35 bits per heavy atom. The monoisotopic (exact) mass is 375 g/mol. The molecule has 26 heavy (non-hydrogen) atoms. The highest BCUT2D eigenvalue weighted by Gasteiger charge is 2.38. The first-order valence-corrected chi connectivity index (χ1v) is 8.17. The van der Waals surface area contributed by atoms with Gasteiger partial charge in [0.1, 0.15) is 0 Å². The first-order chi connectivity index (χ1) is 12.3. The van der Waals surface area contributed by atoms with Crippen LogP contribution in [0.1, 0.15) is 30.7 Å². The summed E-state index contributed by atoms with van der Waals surface area (Å²) in [4.78, 5) is 15.8. The minimum absolute atomic E-state index is 0.485. The van der Waals surface area contributed by atoms with E-state index in [4.69, 9.17) is 18.8 Å². The molecule has 1 saturated heterocycles. The summed E-state index contributed by atoms with van der Waals surface area (Å²) in [6.45, 7) is 5.58. The van der Waals surface area contributed by atoms with Crippen LogP contribution in [-0.2, 0) is 11.2 Å². The van der Waals surface area contributed by atoms with Crippen LogP contribution in [0.25, 0.3) is 11.7 Å². The van der Waals surface area contributed by atoms with Crippen molar-refractivity contribution in [1.29, 1.82) is 0 Å². The zero-order valence-electron chi connectivity index (χ0n) is 14.3. The van der Waals surface area contributed by atoms with Gasteiger partial charge in [-0.1, -0.05) is 5.16 Å². The number of rotatable bonds is 5. The van der Waals surface area contributed by atoms with Crippen LogP contribution in [-0.4, -0.2) is 51.9 Å². The van der Waals surface area contributed by atoms with Crippen molar-refractivity contribution in [1.82, 2.24) is 15.0 Å². The van der Waals surface area contributed by atoms with Crippen LogP contribution >= 0.6 is 0 Å². The molecule has 3 rings (SSSR count). The largest absolute Gasteiger partial charge is 0.490 e. The Morgan fingerprint density at radius 2 is 2.00 bits per heavy atom. The quantitative estimate of drug-likeness (QED) is 0.857. The van der Waals surface area contributed by atoms with Crippen LogP contribution in [0.4, 0.5) is 13.2 Å². The molecule has 0 radical (unpaired) electrons. The van der Waals surface area contributed by atoms with Gasteiger partial charge < -0.3 is 18.9 Å². The molecule has 1 N–H and O–H groups in total. The summed E-state index contributed by atoms with van der Waals surface area (Å²) < 4.78 is 42.3. The third kappa shape index (κ3) is 5.87. The fraction of sp³-hybridized carbons (Fsp3) is 0.562. The van der Waals surface area contributed by atoms with Crippen molar-refractivity contribution in [3.63, 3.8) is 0 Å². The highest BCUT2D eigenvalue weighted by molar-refractivity contribution is 5.73. The van der Waals surface area contributed by atoms with E-state index in [1.807, 2.05) is 13.0 Å². The Labute approximate surface area is 147 Å². The van der Waals surface area contributed by atoms with E-state index in [-0.39, 0.29) is 0 Å². The molecule has 0 spiro atoms. The number of furan rings is 1. The third-order valence-electron chi connectivity index (χ3n) is 3.84. The molecule has 0 aliphatic carbocycles. The predicted molar refractivity (Wildman–Crippen MR) is 84.4 cm³/mol. The summed E-state index contributed by atoms with van der Waals surface area (Å²) in [5.74, 6) is -0.825. The van der Waals surface area contributed by atoms with Crippen molar-refractivity contribution in [2.45, 2.75) is 38.8 Å². The maximum Gasteiger partial charge on any atom is 0.490 e. The molecule has 1 aliphatic rings. The molecular weight excluding hydrogens is 355 g/mol. The van der Waals surface area contributed by atoms with Crippen molar-refractivity contribution < 1.29 is 32.0 Å². The van der Waals surface area contributed by atoms with Gasteiger partial charge in [-0.2, -0.15) is 18.2 Å². The molecule has 3 heterocycles. The number of carboxylic acid groups (broad SMARTS) is 1. The zero-order chi connectivity index (χ0) is 19.2. The Bertz CT molecular complexity index is 706. The van der Waals surface area contributed by atoms with Gasteiger partial charge in [0.05, 0.1) is 6.26 Å². The fourth-order valence-corrected chi connectivity index (χ4v) is 2.51. The van der Waals surface area contributed by atoms with E-state index in [9.17, 15) is 13.2 Å². The van der Waals surface area contributed by atoms with Crippen LogP contribution in [0.5, 0.6) is 0 Å². The molecule has 0 saturated carbocycles. The molecule has 0 atom stereocenters. The van der Waals surface area contributed by atoms with Gasteiger partial charge >= 0.3 is 12.1 Å². The number of alkyl halides is 3. The summed E-state index contributed by atoms with van der Waals surface area (Å²) >= 11 is 0. The lowest BCUT2D eigenvalue weighted by molar-refractivity contribution is -0.192. The van der Waals surface area contributed by atoms with E-state index in [0.717, 1.165) is 30.8 Å². The number of hydrogen-bond donors (Lipinski definition) is 1. The van der Waals surface area contributed by atoms with Crippen molar-refractivity contribution in [3.05, 3.63) is 23.7 Å². The molecule has 0 bridgehead atoms. The van der Waals surface area contributed by atoms with Gasteiger partial charge in [0.2, 0.25) is 0 Å². The van der Waals surface area contributed by atoms with Gasteiger partial charge in [-0.25, -0.2) is 4.79 Å². The first kappa shape index (κ1) is 20.0. The van der Waals surface area contributed by atoms with E-state index < -0.39 is 12.1 Å². The summed E-state index contributed by atoms with van der Waals surface area (Å²) in [6, 6.07) is 1.90. The summed E-state index contributed by atoms with van der Waals surface area (Å²) in [5.41, 5.74) is 1.02. The number of nitrogens with zero attached hydrogens (tertiary/aromatic N) is 3. The Balaban J connectivity index is 0.000000298. The number of hydrogen-bond acceptors (Lipinski definition) is 6. The minimum atomic E-state index is -5.08. The average Bonchev–Trinajstić information content (AvgIpc) is 3.28. The first-order valence-electron chi connectivity index (χ1n) is 8.17. The van der Waals surface area contributed by atoms with Gasteiger partial charge in [-0.15, -0.1) is 0 Å². The highest BCUT2D eigenvalue weighted by Crippen LogP contribution is 2.22. The lowest BCUT2D eigenvalue weighted by atomic mass is 10.2. The van der Waals surface area contributed by atoms with Gasteiger partial charge in [-0.3, -0.25) is 0 Å². The lowest BCUT2D eigenvalue weighted by Crippen LogP contribution is -2.21. The minimum Gasteiger partial charge on any atom is -0.475 e. The zero-order valence-corrected chi connectivity index (χ0v) is 14.3. The van der Waals surface area contributed by atoms with Crippen molar-refractivity contribution in [3.8, 4) is 11.7 Å². The van der Waals surface area contributed by atoms with Gasteiger partial charge in [0, 0.05) is 12.0 Å². The van der Waals surface area contributed by atoms with Crippen LogP contribution in [0, 0.1) is 6.92 Å². The lowest BCUT2D eigenvalue weighted by Gasteiger charge is -2.12. The number of carbonyl (C=O) groups is 1. The van der Waals surface area contributed by atoms with Crippen molar-refractivity contribution in [2.75, 3.05) is 19.6 Å². The van der Waals surface area contributed by atoms with Crippen LogP contribution in [0.3, 0.4) is 0 Å². The van der Waals surface area contributed by atoms with Crippen LogP contribution in [0.2, 0.25) is 0 Å². The Morgan fingerprint density at radius 3 is 2.54 bits per heavy atom. The molecule has 144 valence electrons. The van der Waals surface area contributed by atoms with E-state index in [2.05, 4.69) is 15.0 Å².